The first-order valence-corrected chi connectivity index (χ1v) is 8.68. The van der Waals surface area contributed by atoms with Gasteiger partial charge in [-0.2, -0.15) is 0 Å². The highest BCUT2D eigenvalue weighted by molar-refractivity contribution is 5.69. The van der Waals surface area contributed by atoms with Crippen LogP contribution in [0.2, 0.25) is 0 Å². The van der Waals surface area contributed by atoms with Crippen LogP contribution in [0.1, 0.15) is 0 Å². The van der Waals surface area contributed by atoms with Gasteiger partial charge in [-0.05, 0) is 60.7 Å². The van der Waals surface area contributed by atoms with E-state index in [2.05, 4.69) is 20.3 Å². The number of pyridine rings is 1. The Bertz CT molecular complexity index is 1070. The van der Waals surface area contributed by atoms with Gasteiger partial charge in [0.25, 0.3) is 0 Å². The maximum atomic E-state index is 13.3. The van der Waals surface area contributed by atoms with Crippen LogP contribution in [0.15, 0.2) is 79.1 Å². The molecule has 5 nitrogen and oxygen atoms in total. The Morgan fingerprint density at radius 2 is 1.68 bits per heavy atom. The molecule has 4 rings (SSSR count). The highest BCUT2D eigenvalue weighted by atomic mass is 19.1. The number of anilines is 2. The van der Waals surface area contributed by atoms with Crippen molar-refractivity contribution in [1.29, 1.82) is 0 Å². The minimum Gasteiger partial charge on any atom is -0.497 e. The van der Waals surface area contributed by atoms with Crippen LogP contribution >= 0.6 is 0 Å². The third-order valence-electron chi connectivity index (χ3n) is 4.15. The van der Waals surface area contributed by atoms with Crippen molar-refractivity contribution in [2.24, 2.45) is 0 Å². The quantitative estimate of drug-likeness (QED) is 0.528. The van der Waals surface area contributed by atoms with Crippen LogP contribution in [0.3, 0.4) is 0 Å². The molecule has 6 heteroatoms. The van der Waals surface area contributed by atoms with Gasteiger partial charge < -0.3 is 10.1 Å². The summed E-state index contributed by atoms with van der Waals surface area (Å²) in [6.45, 7) is 0. The first-order chi connectivity index (χ1) is 13.7. The number of methoxy groups -OCH3 is 1. The average Bonchev–Trinajstić information content (AvgIpc) is 2.75. The monoisotopic (exact) mass is 372 g/mol. The highest BCUT2D eigenvalue weighted by Gasteiger charge is 2.10. The molecular formula is C22H17FN4O. The molecule has 0 radical (unpaired) electrons. The van der Waals surface area contributed by atoms with Gasteiger partial charge >= 0.3 is 0 Å². The summed E-state index contributed by atoms with van der Waals surface area (Å²) >= 11 is 0. The minimum atomic E-state index is -0.290. The fourth-order valence-corrected chi connectivity index (χ4v) is 2.73. The van der Waals surface area contributed by atoms with Crippen LogP contribution in [0.25, 0.3) is 22.6 Å². The molecule has 28 heavy (non-hydrogen) atoms. The summed E-state index contributed by atoms with van der Waals surface area (Å²) in [5, 5.41) is 3.29. The van der Waals surface area contributed by atoms with Crippen LogP contribution in [-0.2, 0) is 0 Å². The summed E-state index contributed by atoms with van der Waals surface area (Å²) in [5.41, 5.74) is 3.14. The Hall–Kier alpha value is -3.80. The highest BCUT2D eigenvalue weighted by Crippen LogP contribution is 2.26. The molecule has 138 valence electrons. The van der Waals surface area contributed by atoms with Crippen LogP contribution in [0, 0.1) is 5.82 Å². The van der Waals surface area contributed by atoms with Crippen LogP contribution < -0.4 is 10.1 Å². The fourth-order valence-electron chi connectivity index (χ4n) is 2.73. The average molecular weight is 372 g/mol. The van der Waals surface area contributed by atoms with Crippen molar-refractivity contribution < 1.29 is 9.13 Å². The molecule has 0 saturated heterocycles. The molecule has 2 aromatic heterocycles. The molecule has 0 atom stereocenters. The van der Waals surface area contributed by atoms with E-state index in [0.717, 1.165) is 22.6 Å². The largest absolute Gasteiger partial charge is 0.497 e. The Labute approximate surface area is 161 Å². The molecule has 0 saturated carbocycles. The Morgan fingerprint density at radius 3 is 2.36 bits per heavy atom. The van der Waals surface area contributed by atoms with Gasteiger partial charge in [-0.25, -0.2) is 14.4 Å². The standard InChI is InChI=1S/C22H17FN4O/c1-28-19-10-8-18(9-11-19)25-21-13-20(15-4-6-17(23)7-5-15)26-22(27-21)16-3-2-12-24-14-16/h2-14H,1H3,(H,25,26,27). The predicted molar refractivity (Wildman–Crippen MR) is 107 cm³/mol. The van der Waals surface area contributed by atoms with Gasteiger partial charge in [0.05, 0.1) is 12.8 Å². The number of benzene rings is 2. The lowest BCUT2D eigenvalue weighted by Gasteiger charge is -2.11. The van der Waals surface area contributed by atoms with Crippen molar-refractivity contribution in [2.75, 3.05) is 12.4 Å². The lowest BCUT2D eigenvalue weighted by atomic mass is 10.1. The van der Waals surface area contributed by atoms with Crippen molar-refractivity contribution in [3.05, 3.63) is 84.9 Å². The van der Waals surface area contributed by atoms with Crippen molar-refractivity contribution in [3.8, 4) is 28.4 Å². The molecule has 2 heterocycles. The molecule has 0 aliphatic rings. The first kappa shape index (κ1) is 17.6. The van der Waals surface area contributed by atoms with E-state index in [1.807, 2.05) is 42.5 Å². The van der Waals surface area contributed by atoms with E-state index < -0.39 is 0 Å². The third kappa shape index (κ3) is 3.96. The second-order valence-electron chi connectivity index (χ2n) is 6.06. The summed E-state index contributed by atoms with van der Waals surface area (Å²) in [7, 11) is 1.63. The number of halogens is 1. The maximum absolute atomic E-state index is 13.3. The number of hydrogen-bond acceptors (Lipinski definition) is 5. The predicted octanol–water partition coefficient (Wildman–Crippen LogP) is 5.10. The SMILES string of the molecule is COc1ccc(Nc2cc(-c3ccc(F)cc3)nc(-c3cccnc3)n2)cc1. The minimum absolute atomic E-state index is 0.290. The summed E-state index contributed by atoms with van der Waals surface area (Å²) in [5.74, 6) is 1.64. The Kier molecular flexibility index (Phi) is 4.93. The second-order valence-corrected chi connectivity index (χ2v) is 6.06. The number of nitrogens with zero attached hydrogens (tertiary/aromatic N) is 3. The fraction of sp³-hybridized carbons (Fsp3) is 0.0455. The van der Waals surface area contributed by atoms with E-state index in [0.29, 0.717) is 17.3 Å². The molecule has 4 aromatic rings. The smallest absolute Gasteiger partial charge is 0.163 e. The summed E-state index contributed by atoms with van der Waals surface area (Å²) < 4.78 is 18.5. The van der Waals surface area contributed by atoms with Crippen LogP contribution in [-0.4, -0.2) is 22.1 Å². The molecule has 1 N–H and O–H groups in total. The normalized spacial score (nSPS) is 10.5. The molecule has 0 aliphatic heterocycles. The number of rotatable bonds is 5. The van der Waals surface area contributed by atoms with Gasteiger partial charge in [0, 0.05) is 35.3 Å². The lowest BCUT2D eigenvalue weighted by molar-refractivity contribution is 0.415. The van der Waals surface area contributed by atoms with E-state index in [1.54, 1.807) is 31.6 Å². The summed E-state index contributed by atoms with van der Waals surface area (Å²) in [6.07, 6.45) is 3.41. The van der Waals surface area contributed by atoms with E-state index in [4.69, 9.17) is 4.74 Å². The van der Waals surface area contributed by atoms with E-state index in [-0.39, 0.29) is 5.82 Å². The molecule has 0 bridgehead atoms. The Balaban J connectivity index is 1.75. The number of ether oxygens (including phenoxy) is 1. The molecule has 0 fully saturated rings. The zero-order valence-corrected chi connectivity index (χ0v) is 15.1. The van der Waals surface area contributed by atoms with Gasteiger partial charge in [-0.3, -0.25) is 4.98 Å². The van der Waals surface area contributed by atoms with Crippen molar-refractivity contribution in [3.63, 3.8) is 0 Å². The molecular weight excluding hydrogens is 355 g/mol. The van der Waals surface area contributed by atoms with Crippen molar-refractivity contribution in [2.45, 2.75) is 0 Å². The maximum Gasteiger partial charge on any atom is 0.163 e. The van der Waals surface area contributed by atoms with Crippen LogP contribution in [0.5, 0.6) is 5.75 Å². The Morgan fingerprint density at radius 1 is 0.893 bits per heavy atom. The molecule has 0 aliphatic carbocycles. The van der Waals surface area contributed by atoms with Gasteiger partial charge in [0.1, 0.15) is 17.4 Å². The topological polar surface area (TPSA) is 59.9 Å². The zero-order chi connectivity index (χ0) is 19.3. The van der Waals surface area contributed by atoms with Gasteiger partial charge in [-0.1, -0.05) is 0 Å². The van der Waals surface area contributed by atoms with Crippen LogP contribution in [0.4, 0.5) is 15.9 Å². The van der Waals surface area contributed by atoms with Crippen molar-refractivity contribution in [1.82, 2.24) is 15.0 Å². The lowest BCUT2D eigenvalue weighted by Crippen LogP contribution is -1.99. The number of aromatic nitrogens is 3. The molecule has 0 unspecified atom stereocenters. The molecule has 0 spiro atoms. The summed E-state index contributed by atoms with van der Waals surface area (Å²) in [4.78, 5) is 13.4. The van der Waals surface area contributed by atoms with E-state index >= 15 is 0 Å². The van der Waals surface area contributed by atoms with Gasteiger partial charge in [-0.15, -0.1) is 0 Å². The second kappa shape index (κ2) is 7.84. The number of hydrogen-bond donors (Lipinski definition) is 1. The van der Waals surface area contributed by atoms with Crippen molar-refractivity contribution >= 4 is 11.5 Å². The molecule has 2 aromatic carbocycles. The zero-order valence-electron chi connectivity index (χ0n) is 15.1. The van der Waals surface area contributed by atoms with Gasteiger partial charge in [0.2, 0.25) is 0 Å². The number of nitrogens with one attached hydrogen (secondary N) is 1. The van der Waals surface area contributed by atoms with E-state index in [9.17, 15) is 4.39 Å². The third-order valence-corrected chi connectivity index (χ3v) is 4.15. The van der Waals surface area contributed by atoms with Gasteiger partial charge in [0.15, 0.2) is 5.82 Å². The summed E-state index contributed by atoms with van der Waals surface area (Å²) in [6, 6.07) is 19.3. The molecule has 0 amide bonds. The van der Waals surface area contributed by atoms with E-state index in [1.165, 1.54) is 12.1 Å². The first-order valence-electron chi connectivity index (χ1n) is 8.68.